The zero-order valence-corrected chi connectivity index (χ0v) is 13.1. The predicted molar refractivity (Wildman–Crippen MR) is 83.5 cm³/mol. The van der Waals surface area contributed by atoms with Crippen LogP contribution in [-0.4, -0.2) is 6.10 Å². The predicted octanol–water partition coefficient (Wildman–Crippen LogP) is 5.88. The average Bonchev–Trinajstić information content (AvgIpc) is 2.34. The molecule has 20 heavy (non-hydrogen) atoms. The Morgan fingerprint density at radius 1 is 0.900 bits per heavy atom. The Balaban J connectivity index is 2.32. The second kappa shape index (κ2) is 6.38. The van der Waals surface area contributed by atoms with Gasteiger partial charge in [0.2, 0.25) is 0 Å². The van der Waals surface area contributed by atoms with Crippen LogP contribution in [0, 0.1) is 6.92 Å². The molecule has 0 bridgehead atoms. The quantitative estimate of drug-likeness (QED) is 0.702. The summed E-state index contributed by atoms with van der Waals surface area (Å²) in [5.41, 5.74) is 1.08. The fourth-order valence-corrected chi connectivity index (χ4v) is 2.16. The van der Waals surface area contributed by atoms with E-state index >= 15 is 0 Å². The first-order chi connectivity index (χ1) is 9.45. The van der Waals surface area contributed by atoms with E-state index in [2.05, 4.69) is 0 Å². The van der Waals surface area contributed by atoms with Crippen LogP contribution in [0.15, 0.2) is 36.4 Å². The van der Waals surface area contributed by atoms with Gasteiger partial charge in [-0.3, -0.25) is 0 Å². The van der Waals surface area contributed by atoms with Gasteiger partial charge in [-0.05, 0) is 50.6 Å². The summed E-state index contributed by atoms with van der Waals surface area (Å²) in [6.07, 6.45) is 0.0318. The van der Waals surface area contributed by atoms with Crippen LogP contribution in [0.2, 0.25) is 10.0 Å². The molecule has 0 amide bonds. The van der Waals surface area contributed by atoms with E-state index in [4.69, 9.17) is 32.7 Å². The highest BCUT2D eigenvalue weighted by atomic mass is 35.5. The lowest BCUT2D eigenvalue weighted by Gasteiger charge is -2.15. The first-order valence-corrected chi connectivity index (χ1v) is 7.11. The molecule has 0 unspecified atom stereocenters. The van der Waals surface area contributed by atoms with Gasteiger partial charge in [0.25, 0.3) is 0 Å². The number of halogens is 2. The summed E-state index contributed by atoms with van der Waals surface area (Å²) in [5.74, 6) is 1.78. The minimum absolute atomic E-state index is 0.0318. The Morgan fingerprint density at radius 3 is 2.25 bits per heavy atom. The molecule has 2 aromatic carbocycles. The molecule has 0 aliphatic carbocycles. The van der Waals surface area contributed by atoms with Crippen molar-refractivity contribution in [1.29, 1.82) is 0 Å². The fraction of sp³-hybridized carbons (Fsp3) is 0.250. The standard InChI is InChI=1S/C16H16Cl2O2/c1-10(2)19-16-9-12(17)5-7-15(16)20-14-6-4-11(3)8-13(14)18/h4-10H,1-3H3. The first kappa shape index (κ1) is 15.0. The van der Waals surface area contributed by atoms with E-state index in [0.717, 1.165) is 5.56 Å². The topological polar surface area (TPSA) is 18.5 Å². The number of benzene rings is 2. The molecule has 2 nitrogen and oxygen atoms in total. The zero-order valence-electron chi connectivity index (χ0n) is 11.6. The van der Waals surface area contributed by atoms with Gasteiger partial charge >= 0.3 is 0 Å². The molecule has 0 N–H and O–H groups in total. The molecule has 0 fully saturated rings. The number of rotatable bonds is 4. The Kier molecular flexibility index (Phi) is 4.79. The van der Waals surface area contributed by atoms with Crippen molar-refractivity contribution >= 4 is 23.2 Å². The molecule has 0 saturated heterocycles. The van der Waals surface area contributed by atoms with E-state index in [1.54, 1.807) is 18.2 Å². The van der Waals surface area contributed by atoms with Crippen molar-refractivity contribution < 1.29 is 9.47 Å². The molecule has 0 heterocycles. The van der Waals surface area contributed by atoms with Gasteiger partial charge in [0, 0.05) is 11.1 Å². The summed E-state index contributed by atoms with van der Waals surface area (Å²) >= 11 is 12.2. The molecule has 0 aliphatic heterocycles. The van der Waals surface area contributed by atoms with Crippen LogP contribution in [0.4, 0.5) is 0 Å². The van der Waals surface area contributed by atoms with Crippen molar-refractivity contribution in [2.45, 2.75) is 26.9 Å². The van der Waals surface area contributed by atoms with Crippen LogP contribution in [0.5, 0.6) is 17.2 Å². The van der Waals surface area contributed by atoms with Gasteiger partial charge in [0.1, 0.15) is 5.75 Å². The molecule has 106 valence electrons. The van der Waals surface area contributed by atoms with Crippen LogP contribution in [0.25, 0.3) is 0 Å². The molecule has 0 atom stereocenters. The molecule has 0 saturated carbocycles. The van der Waals surface area contributed by atoms with Gasteiger partial charge in [-0.1, -0.05) is 29.3 Å². The third-order valence-corrected chi connectivity index (χ3v) is 3.11. The third kappa shape index (κ3) is 3.81. The number of hydrogen-bond acceptors (Lipinski definition) is 2. The Labute approximate surface area is 129 Å². The van der Waals surface area contributed by atoms with Crippen molar-refractivity contribution in [2.75, 3.05) is 0 Å². The Hall–Kier alpha value is -1.38. The van der Waals surface area contributed by atoms with Crippen LogP contribution < -0.4 is 9.47 Å². The maximum Gasteiger partial charge on any atom is 0.169 e. The molecular formula is C16H16Cl2O2. The maximum absolute atomic E-state index is 6.18. The fourth-order valence-electron chi connectivity index (χ4n) is 1.72. The third-order valence-electron chi connectivity index (χ3n) is 2.58. The average molecular weight is 311 g/mol. The lowest BCUT2D eigenvalue weighted by atomic mass is 10.2. The zero-order chi connectivity index (χ0) is 14.7. The Morgan fingerprint density at radius 2 is 1.60 bits per heavy atom. The van der Waals surface area contributed by atoms with E-state index in [-0.39, 0.29) is 6.10 Å². The normalized spacial score (nSPS) is 10.7. The Bertz CT molecular complexity index is 609. The van der Waals surface area contributed by atoms with Gasteiger partial charge in [-0.25, -0.2) is 0 Å². The second-order valence-electron chi connectivity index (χ2n) is 4.79. The van der Waals surface area contributed by atoms with Gasteiger partial charge < -0.3 is 9.47 Å². The minimum atomic E-state index is 0.0318. The highest BCUT2D eigenvalue weighted by Crippen LogP contribution is 2.37. The maximum atomic E-state index is 6.18. The van der Waals surface area contributed by atoms with Crippen molar-refractivity contribution in [3.8, 4) is 17.2 Å². The van der Waals surface area contributed by atoms with E-state index < -0.39 is 0 Å². The lowest BCUT2D eigenvalue weighted by molar-refractivity contribution is 0.233. The lowest BCUT2D eigenvalue weighted by Crippen LogP contribution is -2.06. The highest BCUT2D eigenvalue weighted by Gasteiger charge is 2.11. The molecule has 0 aromatic heterocycles. The first-order valence-electron chi connectivity index (χ1n) is 6.36. The minimum Gasteiger partial charge on any atom is -0.487 e. The molecule has 0 aliphatic rings. The van der Waals surface area contributed by atoms with Crippen LogP contribution in [0.1, 0.15) is 19.4 Å². The van der Waals surface area contributed by atoms with E-state index in [1.807, 2.05) is 39.0 Å². The summed E-state index contributed by atoms with van der Waals surface area (Å²) in [7, 11) is 0. The largest absolute Gasteiger partial charge is 0.487 e. The molecule has 0 radical (unpaired) electrons. The van der Waals surface area contributed by atoms with Crippen LogP contribution in [-0.2, 0) is 0 Å². The summed E-state index contributed by atoms with van der Waals surface area (Å²) in [5, 5.41) is 1.17. The van der Waals surface area contributed by atoms with Crippen molar-refractivity contribution in [1.82, 2.24) is 0 Å². The summed E-state index contributed by atoms with van der Waals surface area (Å²) < 4.78 is 11.5. The second-order valence-corrected chi connectivity index (χ2v) is 5.64. The van der Waals surface area contributed by atoms with E-state index in [9.17, 15) is 0 Å². The summed E-state index contributed by atoms with van der Waals surface area (Å²) in [6, 6.07) is 10.9. The highest BCUT2D eigenvalue weighted by molar-refractivity contribution is 6.32. The number of ether oxygens (including phenoxy) is 2. The summed E-state index contributed by atoms with van der Waals surface area (Å²) in [4.78, 5) is 0. The summed E-state index contributed by atoms with van der Waals surface area (Å²) in [6.45, 7) is 5.87. The van der Waals surface area contributed by atoms with Gasteiger partial charge in [0.05, 0.1) is 11.1 Å². The molecule has 2 rings (SSSR count). The van der Waals surface area contributed by atoms with E-state index in [1.165, 1.54) is 0 Å². The molecule has 0 spiro atoms. The smallest absolute Gasteiger partial charge is 0.169 e. The molecular weight excluding hydrogens is 295 g/mol. The number of aryl methyl sites for hydroxylation is 1. The van der Waals surface area contributed by atoms with Gasteiger partial charge in [-0.15, -0.1) is 0 Å². The van der Waals surface area contributed by atoms with Crippen molar-refractivity contribution in [2.24, 2.45) is 0 Å². The molecule has 4 heteroatoms. The van der Waals surface area contributed by atoms with E-state index in [0.29, 0.717) is 27.3 Å². The van der Waals surface area contributed by atoms with Gasteiger partial charge in [-0.2, -0.15) is 0 Å². The monoisotopic (exact) mass is 310 g/mol. The van der Waals surface area contributed by atoms with Crippen molar-refractivity contribution in [3.05, 3.63) is 52.0 Å². The van der Waals surface area contributed by atoms with Crippen molar-refractivity contribution in [3.63, 3.8) is 0 Å². The SMILES string of the molecule is Cc1ccc(Oc2ccc(Cl)cc2OC(C)C)c(Cl)c1. The van der Waals surface area contributed by atoms with Crippen LogP contribution in [0.3, 0.4) is 0 Å². The van der Waals surface area contributed by atoms with Crippen LogP contribution >= 0.6 is 23.2 Å². The number of hydrogen-bond donors (Lipinski definition) is 0. The molecule has 2 aromatic rings. The van der Waals surface area contributed by atoms with Gasteiger partial charge in [0.15, 0.2) is 11.5 Å².